The Bertz CT molecular complexity index is 1520. The molecule has 0 bridgehead atoms. The Hall–Kier alpha value is -5.23. The number of phenolic OH excluding ortho intramolecular Hbond substituents is 2. The van der Waals surface area contributed by atoms with Crippen molar-refractivity contribution in [2.75, 3.05) is 27.4 Å². The van der Waals surface area contributed by atoms with Crippen LogP contribution in [0.1, 0.15) is 17.5 Å². The zero-order chi connectivity index (χ0) is 31.4. The lowest BCUT2D eigenvalue weighted by Gasteiger charge is -2.17. The van der Waals surface area contributed by atoms with Gasteiger partial charge in [-0.2, -0.15) is 0 Å². The van der Waals surface area contributed by atoms with Crippen molar-refractivity contribution in [2.45, 2.75) is 12.5 Å². The van der Waals surface area contributed by atoms with Crippen molar-refractivity contribution in [3.63, 3.8) is 0 Å². The number of ether oxygens (including phenoxy) is 5. The van der Waals surface area contributed by atoms with E-state index in [0.717, 1.165) is 18.2 Å². The van der Waals surface area contributed by atoms with E-state index in [0.29, 0.717) is 11.1 Å². The average molecular weight is 614 g/mol. The lowest BCUT2D eigenvalue weighted by Crippen LogP contribution is -2.26. The highest BCUT2D eigenvalue weighted by Crippen LogP contribution is 2.29. The fourth-order valence-electron chi connectivity index (χ4n) is 3.55. The Labute approximate surface area is 251 Å². The molecule has 13 heteroatoms. The van der Waals surface area contributed by atoms with Gasteiger partial charge < -0.3 is 33.9 Å². The molecule has 0 fully saturated rings. The van der Waals surface area contributed by atoms with E-state index in [4.69, 9.17) is 35.3 Å². The van der Waals surface area contributed by atoms with Gasteiger partial charge in [-0.15, -0.1) is 0 Å². The van der Waals surface area contributed by atoms with E-state index in [1.165, 1.54) is 62.8 Å². The van der Waals surface area contributed by atoms with Crippen LogP contribution in [0.15, 0.2) is 66.7 Å². The number of hydrogen-bond donors (Lipinski definition) is 2. The maximum atomic E-state index is 12.6. The fourth-order valence-corrected chi connectivity index (χ4v) is 3.78. The highest BCUT2D eigenvalue weighted by molar-refractivity contribution is 6.32. The summed E-state index contributed by atoms with van der Waals surface area (Å²) in [5.74, 6) is -0.941. The molecule has 0 aliphatic carbocycles. The number of nitrogens with zero attached hydrogens (tertiary/aromatic N) is 1. The van der Waals surface area contributed by atoms with Crippen molar-refractivity contribution >= 4 is 41.4 Å². The van der Waals surface area contributed by atoms with Crippen LogP contribution in [-0.2, 0) is 19.1 Å². The number of rotatable bonds is 14. The highest BCUT2D eigenvalue weighted by atomic mass is 35.5. The first-order valence-electron chi connectivity index (χ1n) is 12.6. The minimum Gasteiger partial charge on any atom is -0.504 e. The number of carbonyl (C=O) groups excluding carboxylic acids is 2. The van der Waals surface area contributed by atoms with Crippen LogP contribution in [0.3, 0.4) is 0 Å². The van der Waals surface area contributed by atoms with Crippen molar-refractivity contribution in [1.82, 2.24) is 0 Å². The second-order valence-corrected chi connectivity index (χ2v) is 9.13. The van der Waals surface area contributed by atoms with Crippen LogP contribution >= 0.6 is 11.6 Å². The number of nitro benzene ring substituents is 1. The standard InChI is InChI=1S/C30H28ClNO11/c1-39-27-15-19(3-8-24(27)33)5-11-29(35)42-18-22(13-14-41-26-10-7-21(32(37)38)17-23(26)31)43-30(36)12-6-20-4-9-25(34)28(16-20)40-2/h3-12,15-17,22,33-34H,13-14,18H2,1-2H3/b11-5+,12-6+/t22-/m0/s1. The normalized spacial score (nSPS) is 11.7. The number of nitro groups is 1. The summed E-state index contributed by atoms with van der Waals surface area (Å²) in [4.78, 5) is 35.3. The molecule has 43 heavy (non-hydrogen) atoms. The van der Waals surface area contributed by atoms with Crippen LogP contribution in [0, 0.1) is 10.1 Å². The van der Waals surface area contributed by atoms with E-state index < -0.39 is 23.0 Å². The smallest absolute Gasteiger partial charge is 0.331 e. The molecule has 3 aromatic carbocycles. The molecule has 0 radical (unpaired) electrons. The molecular weight excluding hydrogens is 586 g/mol. The minimum atomic E-state index is -0.936. The van der Waals surface area contributed by atoms with E-state index >= 15 is 0 Å². The molecule has 3 aromatic rings. The molecular formula is C30H28ClNO11. The predicted octanol–water partition coefficient (Wildman–Crippen LogP) is 5.33. The van der Waals surface area contributed by atoms with Crippen molar-refractivity contribution < 1.29 is 48.4 Å². The first-order chi connectivity index (χ1) is 20.6. The first kappa shape index (κ1) is 32.3. The van der Waals surface area contributed by atoms with Gasteiger partial charge in [0.25, 0.3) is 5.69 Å². The van der Waals surface area contributed by atoms with Gasteiger partial charge in [0.15, 0.2) is 23.0 Å². The zero-order valence-corrected chi connectivity index (χ0v) is 23.9. The molecule has 0 aliphatic heterocycles. The van der Waals surface area contributed by atoms with Gasteiger partial charge in [-0.05, 0) is 53.6 Å². The van der Waals surface area contributed by atoms with Gasteiger partial charge in [0, 0.05) is 30.7 Å². The number of methoxy groups -OCH3 is 2. The first-order valence-corrected chi connectivity index (χ1v) is 13.0. The molecule has 0 spiro atoms. The van der Waals surface area contributed by atoms with Crippen LogP contribution in [-0.4, -0.2) is 60.6 Å². The molecule has 0 saturated heterocycles. The Kier molecular flexibility index (Phi) is 11.8. The van der Waals surface area contributed by atoms with Crippen molar-refractivity contribution in [3.05, 3.63) is 93.0 Å². The Morgan fingerprint density at radius 2 is 1.47 bits per heavy atom. The van der Waals surface area contributed by atoms with Crippen molar-refractivity contribution in [1.29, 1.82) is 0 Å². The summed E-state index contributed by atoms with van der Waals surface area (Å²) in [6.45, 7) is -0.346. The monoisotopic (exact) mass is 613 g/mol. The topological polar surface area (TPSA) is 164 Å². The van der Waals surface area contributed by atoms with E-state index in [9.17, 15) is 29.9 Å². The summed E-state index contributed by atoms with van der Waals surface area (Å²) >= 11 is 6.07. The van der Waals surface area contributed by atoms with Gasteiger partial charge in [-0.3, -0.25) is 10.1 Å². The second kappa shape index (κ2) is 15.7. The number of carbonyl (C=O) groups is 2. The highest BCUT2D eigenvalue weighted by Gasteiger charge is 2.17. The Morgan fingerprint density at radius 1 is 0.884 bits per heavy atom. The summed E-state index contributed by atoms with van der Waals surface area (Å²) in [5, 5.41) is 30.4. The quantitative estimate of drug-likeness (QED) is 0.104. The van der Waals surface area contributed by atoms with Gasteiger partial charge in [0.1, 0.15) is 18.5 Å². The molecule has 12 nitrogen and oxygen atoms in total. The average Bonchev–Trinajstić information content (AvgIpc) is 2.99. The fraction of sp³-hybridized carbons (Fsp3) is 0.200. The van der Waals surface area contributed by atoms with E-state index in [1.807, 2.05) is 0 Å². The summed E-state index contributed by atoms with van der Waals surface area (Å²) < 4.78 is 26.5. The summed E-state index contributed by atoms with van der Waals surface area (Å²) in [6, 6.07) is 12.7. The van der Waals surface area contributed by atoms with E-state index in [-0.39, 0.29) is 59.1 Å². The van der Waals surface area contributed by atoms with Crippen LogP contribution in [0.2, 0.25) is 5.02 Å². The van der Waals surface area contributed by atoms with Crippen molar-refractivity contribution in [3.8, 4) is 28.7 Å². The lowest BCUT2D eigenvalue weighted by molar-refractivity contribution is -0.384. The maximum absolute atomic E-state index is 12.6. The van der Waals surface area contributed by atoms with Crippen molar-refractivity contribution in [2.24, 2.45) is 0 Å². The van der Waals surface area contributed by atoms with E-state index in [2.05, 4.69) is 0 Å². The molecule has 3 rings (SSSR count). The molecule has 0 heterocycles. The number of halogens is 1. The largest absolute Gasteiger partial charge is 0.504 e. The molecule has 0 unspecified atom stereocenters. The number of phenols is 2. The minimum absolute atomic E-state index is 0.0254. The number of non-ortho nitro benzene ring substituents is 1. The van der Waals surface area contributed by atoms with Crippen LogP contribution < -0.4 is 14.2 Å². The van der Waals surface area contributed by atoms with Crippen LogP contribution in [0.5, 0.6) is 28.7 Å². The number of esters is 2. The SMILES string of the molecule is COc1cc(/C=C/C(=O)OC[C@H](CCOc2ccc([N+](=O)[O-])cc2Cl)OC(=O)/C=C/c2ccc(O)c(OC)c2)ccc1O. The molecule has 1 atom stereocenters. The zero-order valence-electron chi connectivity index (χ0n) is 23.1. The molecule has 0 amide bonds. The molecule has 0 aromatic heterocycles. The maximum Gasteiger partial charge on any atom is 0.331 e. The molecule has 2 N–H and O–H groups in total. The summed E-state index contributed by atoms with van der Waals surface area (Å²) in [7, 11) is 2.79. The van der Waals surface area contributed by atoms with E-state index in [1.54, 1.807) is 12.1 Å². The van der Waals surface area contributed by atoms with Gasteiger partial charge in [0.2, 0.25) is 0 Å². The Morgan fingerprint density at radius 3 is 2.00 bits per heavy atom. The second-order valence-electron chi connectivity index (χ2n) is 8.73. The lowest BCUT2D eigenvalue weighted by atomic mass is 10.2. The third-order valence-corrected chi connectivity index (χ3v) is 6.04. The van der Waals surface area contributed by atoms with Gasteiger partial charge in [-0.25, -0.2) is 9.59 Å². The third kappa shape index (κ3) is 9.97. The molecule has 0 aliphatic rings. The van der Waals surface area contributed by atoms with Gasteiger partial charge in [0.05, 0.1) is 30.8 Å². The third-order valence-electron chi connectivity index (χ3n) is 5.75. The van der Waals surface area contributed by atoms with Crippen LogP contribution in [0.4, 0.5) is 5.69 Å². The number of benzene rings is 3. The summed E-state index contributed by atoms with van der Waals surface area (Å²) in [5.41, 5.74) is 0.925. The van der Waals surface area contributed by atoms with Crippen LogP contribution in [0.25, 0.3) is 12.2 Å². The van der Waals surface area contributed by atoms with Gasteiger partial charge >= 0.3 is 11.9 Å². The number of aromatic hydroxyl groups is 2. The summed E-state index contributed by atoms with van der Waals surface area (Å²) in [6.07, 6.45) is 4.37. The number of hydrogen-bond acceptors (Lipinski definition) is 11. The Balaban J connectivity index is 1.65. The molecule has 226 valence electrons. The molecule has 0 saturated carbocycles. The van der Waals surface area contributed by atoms with Gasteiger partial charge in [-0.1, -0.05) is 23.7 Å². The predicted molar refractivity (Wildman–Crippen MR) is 156 cm³/mol.